The van der Waals surface area contributed by atoms with Crippen LogP contribution in [0, 0.1) is 0 Å². The Morgan fingerprint density at radius 2 is 1.47 bits per heavy atom. The molecule has 1 atom stereocenters. The van der Waals surface area contributed by atoms with Gasteiger partial charge in [-0.15, -0.1) is 0 Å². The van der Waals surface area contributed by atoms with E-state index in [0.29, 0.717) is 5.69 Å². The molecule has 4 rings (SSSR count). The van der Waals surface area contributed by atoms with Gasteiger partial charge in [-0.25, -0.2) is 4.79 Å². The molecule has 0 bridgehead atoms. The number of rotatable bonds is 8. The van der Waals surface area contributed by atoms with Crippen molar-refractivity contribution in [2.24, 2.45) is 5.73 Å². The Morgan fingerprint density at radius 1 is 0.906 bits per heavy atom. The Labute approximate surface area is 186 Å². The zero-order chi connectivity index (χ0) is 22.5. The van der Waals surface area contributed by atoms with Crippen LogP contribution in [0.1, 0.15) is 17.0 Å². The number of para-hydroxylation sites is 1. The van der Waals surface area contributed by atoms with Gasteiger partial charge in [0.15, 0.2) is 0 Å². The van der Waals surface area contributed by atoms with Crippen molar-refractivity contribution in [2.45, 2.75) is 12.0 Å². The number of amides is 1. The fourth-order valence-corrected chi connectivity index (χ4v) is 3.85. The first-order chi connectivity index (χ1) is 15.6. The predicted molar refractivity (Wildman–Crippen MR) is 120 cm³/mol. The van der Waals surface area contributed by atoms with Gasteiger partial charge in [0.1, 0.15) is 19.4 Å². The number of benzene rings is 3. The summed E-state index contributed by atoms with van der Waals surface area (Å²) >= 11 is 0. The van der Waals surface area contributed by atoms with Crippen LogP contribution in [-0.2, 0) is 14.3 Å². The van der Waals surface area contributed by atoms with E-state index in [2.05, 4.69) is 24.3 Å². The van der Waals surface area contributed by atoms with Crippen molar-refractivity contribution in [3.8, 4) is 11.1 Å². The Kier molecular flexibility index (Phi) is 6.49. The summed E-state index contributed by atoms with van der Waals surface area (Å²) in [5.74, 6) is -1.23. The molecule has 1 amide bonds. The molecule has 0 aliphatic heterocycles. The topological polar surface area (TPSA) is 102 Å². The van der Waals surface area contributed by atoms with Crippen molar-refractivity contribution >= 4 is 17.7 Å². The Balaban J connectivity index is 1.48. The quantitative estimate of drug-likeness (QED) is 0.525. The Hall–Kier alpha value is -3.68. The molecule has 0 heterocycles. The van der Waals surface area contributed by atoms with Crippen LogP contribution in [0.3, 0.4) is 0 Å². The lowest BCUT2D eigenvalue weighted by atomic mass is 9.98. The van der Waals surface area contributed by atoms with E-state index in [1.807, 2.05) is 30.3 Å². The second-order valence-corrected chi connectivity index (χ2v) is 7.51. The van der Waals surface area contributed by atoms with E-state index in [-0.39, 0.29) is 25.9 Å². The summed E-state index contributed by atoms with van der Waals surface area (Å²) in [6.45, 7) is -0.234. The van der Waals surface area contributed by atoms with Crippen LogP contribution in [0.4, 0.5) is 10.5 Å². The minimum absolute atomic E-state index is 0.0645. The summed E-state index contributed by atoms with van der Waals surface area (Å²) in [6.07, 6.45) is -0.582. The number of anilines is 1. The summed E-state index contributed by atoms with van der Waals surface area (Å²) in [5.41, 5.74) is 10.6. The van der Waals surface area contributed by atoms with Gasteiger partial charge in [-0.05, 0) is 34.4 Å². The van der Waals surface area contributed by atoms with Gasteiger partial charge in [0.05, 0.1) is 6.61 Å². The van der Waals surface area contributed by atoms with Crippen LogP contribution >= 0.6 is 0 Å². The molecule has 0 saturated carbocycles. The molecule has 0 fully saturated rings. The third kappa shape index (κ3) is 4.49. The average molecular weight is 432 g/mol. The third-order valence-corrected chi connectivity index (χ3v) is 5.46. The molecule has 0 radical (unpaired) electrons. The van der Waals surface area contributed by atoms with Crippen LogP contribution in [-0.4, -0.2) is 43.2 Å². The van der Waals surface area contributed by atoms with E-state index in [0.717, 1.165) is 22.3 Å². The molecule has 0 saturated heterocycles. The molecule has 1 aliphatic carbocycles. The minimum atomic E-state index is -1.17. The molecule has 0 spiro atoms. The number of carboxylic acids is 1. The lowest BCUT2D eigenvalue weighted by Crippen LogP contribution is -2.39. The van der Waals surface area contributed by atoms with Gasteiger partial charge < -0.3 is 20.3 Å². The predicted octanol–water partition coefficient (Wildman–Crippen LogP) is 3.83. The van der Waals surface area contributed by atoms with Gasteiger partial charge in [0, 0.05) is 11.6 Å². The standard InChI is InChI=1S/C25H24N2O5/c26-23(24(28)29)15-31-16-27(17-8-2-1-3-9-17)25(30)32-14-22-20-12-6-4-10-18(20)19-11-5-7-13-21(19)22/h1-13,22-23H,14-16,26H2,(H,28,29)/t23-/m0/s1. The van der Waals surface area contributed by atoms with Crippen molar-refractivity contribution in [2.75, 3.05) is 24.8 Å². The summed E-state index contributed by atoms with van der Waals surface area (Å²) in [6, 6.07) is 24.0. The number of nitrogens with zero attached hydrogens (tertiary/aromatic N) is 1. The molecule has 3 aromatic carbocycles. The van der Waals surface area contributed by atoms with E-state index in [4.69, 9.17) is 20.3 Å². The van der Waals surface area contributed by atoms with Crippen molar-refractivity contribution in [1.29, 1.82) is 0 Å². The number of carboxylic acid groups (broad SMARTS) is 1. The maximum Gasteiger partial charge on any atom is 0.416 e. The smallest absolute Gasteiger partial charge is 0.416 e. The van der Waals surface area contributed by atoms with Gasteiger partial charge in [-0.2, -0.15) is 0 Å². The normalized spacial score (nSPS) is 13.2. The SMILES string of the molecule is N[C@@H](COCN(C(=O)OCC1c2ccccc2-c2ccccc21)c1ccccc1)C(=O)O. The van der Waals surface area contributed by atoms with Gasteiger partial charge >= 0.3 is 12.1 Å². The summed E-state index contributed by atoms with van der Waals surface area (Å²) in [4.78, 5) is 25.3. The average Bonchev–Trinajstić information content (AvgIpc) is 3.14. The molecule has 0 aromatic heterocycles. The minimum Gasteiger partial charge on any atom is -0.480 e. The highest BCUT2D eigenvalue weighted by Crippen LogP contribution is 2.44. The Morgan fingerprint density at radius 3 is 2.06 bits per heavy atom. The second-order valence-electron chi connectivity index (χ2n) is 7.51. The zero-order valence-corrected chi connectivity index (χ0v) is 17.4. The number of aliphatic carboxylic acids is 1. The van der Waals surface area contributed by atoms with Crippen molar-refractivity contribution in [3.05, 3.63) is 90.0 Å². The number of carbonyl (C=O) groups is 2. The van der Waals surface area contributed by atoms with Crippen molar-refractivity contribution in [3.63, 3.8) is 0 Å². The largest absolute Gasteiger partial charge is 0.480 e. The summed E-state index contributed by atoms with van der Waals surface area (Å²) < 4.78 is 11.1. The maximum atomic E-state index is 13.0. The van der Waals surface area contributed by atoms with Gasteiger partial charge in [-0.1, -0.05) is 66.7 Å². The highest BCUT2D eigenvalue weighted by molar-refractivity contribution is 5.87. The fourth-order valence-electron chi connectivity index (χ4n) is 3.85. The van der Waals surface area contributed by atoms with Crippen LogP contribution in [0.25, 0.3) is 11.1 Å². The number of hydrogen-bond donors (Lipinski definition) is 2. The summed E-state index contributed by atoms with van der Waals surface area (Å²) in [5, 5.41) is 8.93. The lowest BCUT2D eigenvalue weighted by molar-refractivity contribution is -0.139. The van der Waals surface area contributed by atoms with Crippen LogP contribution < -0.4 is 10.6 Å². The lowest BCUT2D eigenvalue weighted by Gasteiger charge is -2.24. The highest BCUT2D eigenvalue weighted by Gasteiger charge is 2.30. The van der Waals surface area contributed by atoms with Crippen molar-refractivity contribution in [1.82, 2.24) is 0 Å². The molecule has 3 N–H and O–H groups in total. The first-order valence-electron chi connectivity index (χ1n) is 10.3. The van der Waals surface area contributed by atoms with Gasteiger partial charge in [0.2, 0.25) is 0 Å². The van der Waals surface area contributed by atoms with E-state index in [9.17, 15) is 9.59 Å². The number of fused-ring (bicyclic) bond motifs is 3. The molecule has 0 unspecified atom stereocenters. The number of nitrogens with two attached hydrogens (primary N) is 1. The highest BCUT2D eigenvalue weighted by atomic mass is 16.6. The van der Waals surface area contributed by atoms with Crippen LogP contribution in [0.5, 0.6) is 0 Å². The van der Waals surface area contributed by atoms with E-state index in [1.54, 1.807) is 24.3 Å². The Bertz CT molecular complexity index is 1060. The zero-order valence-electron chi connectivity index (χ0n) is 17.4. The van der Waals surface area contributed by atoms with Crippen LogP contribution in [0.2, 0.25) is 0 Å². The summed E-state index contributed by atoms with van der Waals surface area (Å²) in [7, 11) is 0. The van der Waals surface area contributed by atoms with Gasteiger partial charge in [-0.3, -0.25) is 9.69 Å². The van der Waals surface area contributed by atoms with E-state index >= 15 is 0 Å². The maximum absolute atomic E-state index is 13.0. The molecule has 7 nitrogen and oxygen atoms in total. The molecular weight excluding hydrogens is 408 g/mol. The van der Waals surface area contributed by atoms with E-state index < -0.39 is 18.1 Å². The van der Waals surface area contributed by atoms with Crippen LogP contribution in [0.15, 0.2) is 78.9 Å². The molecule has 3 aromatic rings. The molecular formula is C25H24N2O5. The molecule has 1 aliphatic rings. The monoisotopic (exact) mass is 432 g/mol. The van der Waals surface area contributed by atoms with E-state index in [1.165, 1.54) is 4.90 Å². The number of hydrogen-bond acceptors (Lipinski definition) is 5. The van der Waals surface area contributed by atoms with Crippen molar-refractivity contribution < 1.29 is 24.2 Å². The molecule has 32 heavy (non-hydrogen) atoms. The van der Waals surface area contributed by atoms with Gasteiger partial charge in [0.25, 0.3) is 0 Å². The molecule has 164 valence electrons. The first-order valence-corrected chi connectivity index (χ1v) is 10.3. The number of ether oxygens (including phenoxy) is 2. The first kappa shape index (κ1) is 21.5. The second kappa shape index (κ2) is 9.64. The fraction of sp³-hybridized carbons (Fsp3) is 0.200. The molecule has 7 heteroatoms. The third-order valence-electron chi connectivity index (χ3n) is 5.46. The number of carbonyl (C=O) groups excluding carboxylic acids is 1.